The van der Waals surface area contributed by atoms with E-state index in [1.165, 1.54) is 41.3 Å². The van der Waals surface area contributed by atoms with Gasteiger partial charge in [-0.25, -0.2) is 0 Å². The summed E-state index contributed by atoms with van der Waals surface area (Å²) in [6, 6.07) is 19.2. The van der Waals surface area contributed by atoms with Crippen molar-refractivity contribution >= 4 is 10.9 Å². The van der Waals surface area contributed by atoms with Crippen molar-refractivity contribution in [1.29, 1.82) is 0 Å². The molecule has 2 heteroatoms. The summed E-state index contributed by atoms with van der Waals surface area (Å²) in [7, 11) is 2.15. The van der Waals surface area contributed by atoms with Crippen molar-refractivity contribution in [3.63, 3.8) is 0 Å². The normalized spacial score (nSPS) is 19.7. The maximum Gasteiger partial charge on any atom is 0.0717 e. The van der Waals surface area contributed by atoms with E-state index in [0.717, 1.165) is 19.6 Å². The Morgan fingerprint density at radius 2 is 1.79 bits per heavy atom. The lowest BCUT2D eigenvalue weighted by Crippen LogP contribution is -2.20. The number of aryl methyl sites for hydroxylation is 2. The number of hydrogen-bond donors (Lipinski definition) is 0. The fourth-order valence-corrected chi connectivity index (χ4v) is 4.49. The highest BCUT2D eigenvalue weighted by molar-refractivity contribution is 5.83. The van der Waals surface area contributed by atoms with Gasteiger partial charge in [0.15, 0.2) is 0 Å². The third-order valence-electron chi connectivity index (χ3n) is 6.22. The van der Waals surface area contributed by atoms with E-state index >= 15 is 0 Å². The first-order valence-corrected chi connectivity index (χ1v) is 10.5. The van der Waals surface area contributed by atoms with Gasteiger partial charge >= 0.3 is 0 Å². The zero-order chi connectivity index (χ0) is 19.3. The molecule has 1 heterocycles. The van der Waals surface area contributed by atoms with Crippen LogP contribution < -0.4 is 0 Å². The van der Waals surface area contributed by atoms with Crippen LogP contribution in [0.2, 0.25) is 0 Å². The van der Waals surface area contributed by atoms with Gasteiger partial charge in [-0.05, 0) is 54.7 Å². The minimum absolute atomic E-state index is 0.604. The number of rotatable bonds is 7. The topological polar surface area (TPSA) is 14.2 Å². The summed E-state index contributed by atoms with van der Waals surface area (Å²) < 4.78 is 8.27. The minimum Gasteiger partial charge on any atom is -0.376 e. The smallest absolute Gasteiger partial charge is 0.0717 e. The van der Waals surface area contributed by atoms with Crippen molar-refractivity contribution in [2.24, 2.45) is 18.9 Å². The third-order valence-corrected chi connectivity index (χ3v) is 6.22. The zero-order valence-corrected chi connectivity index (χ0v) is 17.1. The molecular weight excluding hydrogens is 342 g/mol. The van der Waals surface area contributed by atoms with E-state index < -0.39 is 0 Å². The van der Waals surface area contributed by atoms with E-state index in [-0.39, 0.29) is 0 Å². The molecule has 0 saturated heterocycles. The Balaban J connectivity index is 1.30. The molecule has 2 aromatic carbocycles. The SMILES string of the molecule is C[C@@H]1C=C(CCc2cn(C)c3ccccc23)CC[C@H]1COCc1ccccc1. The second kappa shape index (κ2) is 8.79. The molecule has 1 aliphatic rings. The van der Waals surface area contributed by atoms with Gasteiger partial charge in [0.25, 0.3) is 0 Å². The third kappa shape index (κ3) is 4.39. The average molecular weight is 374 g/mol. The van der Waals surface area contributed by atoms with Crippen LogP contribution in [0.1, 0.15) is 37.3 Å². The highest BCUT2D eigenvalue weighted by Gasteiger charge is 2.21. The van der Waals surface area contributed by atoms with Crippen LogP contribution >= 0.6 is 0 Å². The van der Waals surface area contributed by atoms with Gasteiger partial charge in [0, 0.05) is 24.1 Å². The van der Waals surface area contributed by atoms with Gasteiger partial charge in [-0.3, -0.25) is 0 Å². The van der Waals surface area contributed by atoms with Crippen LogP contribution in [-0.2, 0) is 24.8 Å². The van der Waals surface area contributed by atoms with Crippen LogP contribution in [0.5, 0.6) is 0 Å². The van der Waals surface area contributed by atoms with Crippen molar-refractivity contribution in [3.8, 4) is 0 Å². The fourth-order valence-electron chi connectivity index (χ4n) is 4.49. The lowest BCUT2D eigenvalue weighted by Gasteiger charge is -2.28. The molecule has 2 nitrogen and oxygen atoms in total. The van der Waals surface area contributed by atoms with E-state index in [2.05, 4.69) is 85.4 Å². The summed E-state index contributed by atoms with van der Waals surface area (Å²) in [6.07, 6.45) is 9.60. The number of ether oxygens (including phenoxy) is 1. The van der Waals surface area contributed by atoms with Crippen LogP contribution in [0.25, 0.3) is 10.9 Å². The van der Waals surface area contributed by atoms with E-state index in [9.17, 15) is 0 Å². The first-order valence-electron chi connectivity index (χ1n) is 10.5. The molecule has 4 rings (SSSR count). The first kappa shape index (κ1) is 19.0. The molecule has 0 spiro atoms. The minimum atomic E-state index is 0.604. The summed E-state index contributed by atoms with van der Waals surface area (Å²) in [4.78, 5) is 0. The predicted molar refractivity (Wildman–Crippen MR) is 117 cm³/mol. The lowest BCUT2D eigenvalue weighted by molar-refractivity contribution is 0.0700. The first-order chi connectivity index (χ1) is 13.7. The van der Waals surface area contributed by atoms with Gasteiger partial charge in [-0.15, -0.1) is 0 Å². The average Bonchev–Trinajstić information content (AvgIpc) is 3.05. The van der Waals surface area contributed by atoms with Crippen molar-refractivity contribution in [2.45, 2.75) is 39.2 Å². The molecule has 0 unspecified atom stereocenters. The second-order valence-electron chi connectivity index (χ2n) is 8.27. The van der Waals surface area contributed by atoms with Crippen LogP contribution in [0.3, 0.4) is 0 Å². The number of fused-ring (bicyclic) bond motifs is 1. The van der Waals surface area contributed by atoms with Gasteiger partial charge in [0.2, 0.25) is 0 Å². The van der Waals surface area contributed by atoms with Crippen LogP contribution in [0.15, 0.2) is 72.4 Å². The Morgan fingerprint density at radius 3 is 2.61 bits per heavy atom. The standard InChI is InChI=1S/C26H31NO/c1-20-16-21(12-14-23-17-27(2)26-11-7-6-10-25(23)26)13-15-24(20)19-28-18-22-8-4-3-5-9-22/h3-11,16-17,20,24H,12-15,18-19H2,1-2H3/t20-,24+/m1/s1. The molecule has 0 radical (unpaired) electrons. The number of hydrogen-bond acceptors (Lipinski definition) is 1. The Hall–Kier alpha value is -2.32. The van der Waals surface area contributed by atoms with E-state index in [4.69, 9.17) is 4.74 Å². The van der Waals surface area contributed by atoms with Gasteiger partial charge in [-0.2, -0.15) is 0 Å². The van der Waals surface area contributed by atoms with Gasteiger partial charge in [0.1, 0.15) is 0 Å². The van der Waals surface area contributed by atoms with Gasteiger partial charge in [0.05, 0.1) is 13.2 Å². The van der Waals surface area contributed by atoms with Gasteiger partial charge < -0.3 is 9.30 Å². The molecule has 28 heavy (non-hydrogen) atoms. The Labute approximate surface area is 168 Å². The van der Waals surface area contributed by atoms with E-state index in [0.29, 0.717) is 11.8 Å². The maximum atomic E-state index is 6.01. The molecular formula is C26H31NO. The largest absolute Gasteiger partial charge is 0.376 e. The molecule has 0 aliphatic heterocycles. The molecule has 0 bridgehead atoms. The number of aromatic nitrogens is 1. The van der Waals surface area contributed by atoms with E-state index in [1.807, 2.05) is 0 Å². The molecule has 0 saturated carbocycles. The summed E-state index contributed by atoms with van der Waals surface area (Å²) in [5.74, 6) is 1.25. The number of para-hydroxylation sites is 1. The van der Waals surface area contributed by atoms with Crippen molar-refractivity contribution in [1.82, 2.24) is 4.57 Å². The fraction of sp³-hybridized carbons (Fsp3) is 0.385. The number of nitrogens with zero attached hydrogens (tertiary/aromatic N) is 1. The Kier molecular flexibility index (Phi) is 5.97. The second-order valence-corrected chi connectivity index (χ2v) is 8.27. The number of allylic oxidation sites excluding steroid dienone is 2. The maximum absolute atomic E-state index is 6.01. The highest BCUT2D eigenvalue weighted by atomic mass is 16.5. The van der Waals surface area contributed by atoms with Crippen molar-refractivity contribution in [2.75, 3.05) is 6.61 Å². The molecule has 0 N–H and O–H groups in total. The molecule has 2 atom stereocenters. The van der Waals surface area contributed by atoms with Crippen molar-refractivity contribution in [3.05, 3.63) is 83.6 Å². The summed E-state index contributed by atoms with van der Waals surface area (Å²) in [5, 5.41) is 1.40. The Morgan fingerprint density at radius 1 is 1.00 bits per heavy atom. The number of benzene rings is 2. The molecule has 0 fully saturated rings. The monoisotopic (exact) mass is 373 g/mol. The van der Waals surface area contributed by atoms with Crippen LogP contribution in [0, 0.1) is 11.8 Å². The summed E-state index contributed by atoms with van der Waals surface area (Å²) in [5.41, 5.74) is 5.69. The van der Waals surface area contributed by atoms with Crippen LogP contribution in [-0.4, -0.2) is 11.2 Å². The summed E-state index contributed by atoms with van der Waals surface area (Å²) in [6.45, 7) is 3.94. The Bertz CT molecular complexity index is 937. The van der Waals surface area contributed by atoms with Gasteiger partial charge in [-0.1, -0.05) is 67.1 Å². The lowest BCUT2D eigenvalue weighted by atomic mass is 9.81. The zero-order valence-electron chi connectivity index (χ0n) is 17.1. The molecule has 0 amide bonds. The molecule has 146 valence electrons. The molecule has 3 aromatic rings. The predicted octanol–water partition coefficient (Wildman–Crippen LogP) is 6.30. The highest BCUT2D eigenvalue weighted by Crippen LogP contribution is 2.32. The quantitative estimate of drug-likeness (QED) is 0.443. The molecule has 1 aliphatic carbocycles. The van der Waals surface area contributed by atoms with Crippen molar-refractivity contribution < 1.29 is 4.74 Å². The van der Waals surface area contributed by atoms with Crippen LogP contribution in [0.4, 0.5) is 0 Å². The molecule has 1 aromatic heterocycles. The van der Waals surface area contributed by atoms with E-state index in [1.54, 1.807) is 5.57 Å². The summed E-state index contributed by atoms with van der Waals surface area (Å²) >= 11 is 0.